The Morgan fingerprint density at radius 2 is 1.41 bits per heavy atom. The standard InChI is InChI=1S/C20H38O2/c1-16(2)9-6-10-17(3)11-7-12-18(4)13-8-14-20(5)19(15-21)22-20/h15-19H,6-14H2,1-5H3. The van der Waals surface area contributed by atoms with Crippen LogP contribution in [0.1, 0.15) is 92.4 Å². The molecule has 2 heteroatoms. The van der Waals surface area contributed by atoms with Crippen LogP contribution >= 0.6 is 0 Å². The van der Waals surface area contributed by atoms with Crippen molar-refractivity contribution < 1.29 is 9.53 Å². The molecule has 0 aromatic carbocycles. The maximum atomic E-state index is 10.7. The van der Waals surface area contributed by atoms with Gasteiger partial charge in [-0.1, -0.05) is 79.1 Å². The Bertz CT molecular complexity index is 313. The number of hydrogen-bond acceptors (Lipinski definition) is 2. The van der Waals surface area contributed by atoms with Crippen LogP contribution in [0.4, 0.5) is 0 Å². The molecule has 0 aromatic heterocycles. The van der Waals surface area contributed by atoms with E-state index in [0.717, 1.165) is 30.5 Å². The van der Waals surface area contributed by atoms with Crippen molar-refractivity contribution >= 4 is 6.29 Å². The number of carbonyl (C=O) groups is 1. The van der Waals surface area contributed by atoms with Crippen molar-refractivity contribution in [3.63, 3.8) is 0 Å². The Morgan fingerprint density at radius 1 is 0.909 bits per heavy atom. The van der Waals surface area contributed by atoms with Crippen LogP contribution in [0, 0.1) is 17.8 Å². The van der Waals surface area contributed by atoms with E-state index in [1.54, 1.807) is 0 Å². The summed E-state index contributed by atoms with van der Waals surface area (Å²) in [4.78, 5) is 10.7. The maximum Gasteiger partial charge on any atom is 0.151 e. The lowest BCUT2D eigenvalue weighted by atomic mass is 9.91. The van der Waals surface area contributed by atoms with Gasteiger partial charge in [-0.3, -0.25) is 0 Å². The minimum atomic E-state index is -0.133. The Kier molecular flexibility index (Phi) is 8.67. The van der Waals surface area contributed by atoms with Crippen LogP contribution in [-0.4, -0.2) is 18.0 Å². The van der Waals surface area contributed by atoms with Crippen LogP contribution in [0.3, 0.4) is 0 Å². The van der Waals surface area contributed by atoms with Crippen molar-refractivity contribution in [2.24, 2.45) is 17.8 Å². The van der Waals surface area contributed by atoms with E-state index in [2.05, 4.69) is 34.6 Å². The fourth-order valence-electron chi connectivity index (χ4n) is 3.41. The van der Waals surface area contributed by atoms with Gasteiger partial charge in [-0.15, -0.1) is 0 Å². The van der Waals surface area contributed by atoms with E-state index in [1.165, 1.54) is 51.4 Å². The van der Waals surface area contributed by atoms with Gasteiger partial charge in [-0.05, 0) is 31.1 Å². The van der Waals surface area contributed by atoms with Gasteiger partial charge in [0, 0.05) is 0 Å². The normalized spacial score (nSPS) is 26.9. The molecule has 0 N–H and O–H groups in total. The first kappa shape index (κ1) is 19.7. The highest BCUT2D eigenvalue weighted by molar-refractivity contribution is 5.62. The summed E-state index contributed by atoms with van der Waals surface area (Å²) in [6, 6.07) is 0. The molecule has 1 heterocycles. The molecule has 0 bridgehead atoms. The van der Waals surface area contributed by atoms with Crippen LogP contribution in [0.25, 0.3) is 0 Å². The monoisotopic (exact) mass is 310 g/mol. The highest BCUT2D eigenvalue weighted by Crippen LogP contribution is 2.39. The van der Waals surface area contributed by atoms with Gasteiger partial charge in [-0.25, -0.2) is 0 Å². The fourth-order valence-corrected chi connectivity index (χ4v) is 3.41. The summed E-state index contributed by atoms with van der Waals surface area (Å²) in [6.45, 7) is 11.5. The van der Waals surface area contributed by atoms with Gasteiger partial charge in [0.15, 0.2) is 6.29 Å². The summed E-state index contributed by atoms with van der Waals surface area (Å²) < 4.78 is 5.43. The molecule has 0 aromatic rings. The summed E-state index contributed by atoms with van der Waals surface area (Å²) in [5, 5.41) is 0. The molecule has 1 rings (SSSR count). The van der Waals surface area contributed by atoms with Gasteiger partial charge in [0.1, 0.15) is 6.10 Å². The number of carbonyl (C=O) groups excluding carboxylic acids is 1. The number of aldehydes is 1. The second-order valence-corrected chi connectivity index (χ2v) is 8.35. The minimum Gasteiger partial charge on any atom is -0.358 e. The van der Waals surface area contributed by atoms with Crippen LogP contribution < -0.4 is 0 Å². The number of hydrogen-bond donors (Lipinski definition) is 0. The summed E-state index contributed by atoms with van der Waals surface area (Å²) in [7, 11) is 0. The van der Waals surface area contributed by atoms with E-state index in [0.29, 0.717) is 0 Å². The molecule has 4 unspecified atom stereocenters. The maximum absolute atomic E-state index is 10.7. The third kappa shape index (κ3) is 7.76. The zero-order chi connectivity index (χ0) is 16.6. The number of rotatable bonds is 13. The third-order valence-electron chi connectivity index (χ3n) is 5.31. The van der Waals surface area contributed by atoms with Gasteiger partial charge >= 0.3 is 0 Å². The molecule has 0 amide bonds. The molecule has 0 radical (unpaired) electrons. The Hall–Kier alpha value is -0.370. The Labute approximate surface area is 138 Å². The molecule has 0 aliphatic carbocycles. The smallest absolute Gasteiger partial charge is 0.151 e. The van der Waals surface area contributed by atoms with Crippen molar-refractivity contribution in [3.05, 3.63) is 0 Å². The number of epoxide rings is 1. The Balaban J connectivity index is 1.97. The lowest BCUT2D eigenvalue weighted by molar-refractivity contribution is -0.108. The largest absolute Gasteiger partial charge is 0.358 e. The molecule has 1 aliphatic heterocycles. The molecular weight excluding hydrogens is 272 g/mol. The molecule has 2 nitrogen and oxygen atoms in total. The summed E-state index contributed by atoms with van der Waals surface area (Å²) in [5.41, 5.74) is -0.133. The van der Waals surface area contributed by atoms with Gasteiger partial charge < -0.3 is 9.53 Å². The molecule has 130 valence electrons. The fraction of sp³-hybridized carbons (Fsp3) is 0.950. The first-order valence-electron chi connectivity index (χ1n) is 9.50. The average Bonchev–Trinajstić information content (AvgIpc) is 3.09. The zero-order valence-corrected chi connectivity index (χ0v) is 15.6. The van der Waals surface area contributed by atoms with E-state index in [-0.39, 0.29) is 11.7 Å². The summed E-state index contributed by atoms with van der Waals surface area (Å²) in [5.74, 6) is 2.54. The molecule has 1 saturated heterocycles. The minimum absolute atomic E-state index is 0.130. The van der Waals surface area contributed by atoms with Crippen molar-refractivity contribution in [2.45, 2.75) is 104 Å². The van der Waals surface area contributed by atoms with Crippen LogP contribution in [0.2, 0.25) is 0 Å². The van der Waals surface area contributed by atoms with Gasteiger partial charge in [-0.2, -0.15) is 0 Å². The lowest BCUT2D eigenvalue weighted by Crippen LogP contribution is -2.11. The first-order valence-corrected chi connectivity index (χ1v) is 9.50. The number of ether oxygens (including phenoxy) is 1. The lowest BCUT2D eigenvalue weighted by Gasteiger charge is -2.15. The molecule has 1 fully saturated rings. The van der Waals surface area contributed by atoms with Crippen molar-refractivity contribution in [1.29, 1.82) is 0 Å². The Morgan fingerprint density at radius 3 is 1.86 bits per heavy atom. The van der Waals surface area contributed by atoms with Crippen LogP contribution in [0.15, 0.2) is 0 Å². The topological polar surface area (TPSA) is 29.6 Å². The van der Waals surface area contributed by atoms with E-state index >= 15 is 0 Å². The predicted molar refractivity (Wildman–Crippen MR) is 94.1 cm³/mol. The third-order valence-corrected chi connectivity index (χ3v) is 5.31. The zero-order valence-electron chi connectivity index (χ0n) is 15.6. The summed E-state index contributed by atoms with van der Waals surface area (Å²) in [6.07, 6.45) is 12.6. The van der Waals surface area contributed by atoms with Gasteiger partial charge in [0.25, 0.3) is 0 Å². The summed E-state index contributed by atoms with van der Waals surface area (Å²) >= 11 is 0. The van der Waals surface area contributed by atoms with E-state index < -0.39 is 0 Å². The van der Waals surface area contributed by atoms with E-state index in [4.69, 9.17) is 4.74 Å². The average molecular weight is 311 g/mol. The van der Waals surface area contributed by atoms with Crippen molar-refractivity contribution in [1.82, 2.24) is 0 Å². The first-order chi connectivity index (χ1) is 10.4. The second-order valence-electron chi connectivity index (χ2n) is 8.35. The SMILES string of the molecule is CC(C)CCCC(C)CCCC(C)CCCC1(C)OC1C=O. The van der Waals surface area contributed by atoms with Crippen molar-refractivity contribution in [2.75, 3.05) is 0 Å². The van der Waals surface area contributed by atoms with Gasteiger partial charge in [0.2, 0.25) is 0 Å². The molecule has 4 atom stereocenters. The molecular formula is C20H38O2. The molecule has 1 aliphatic rings. The van der Waals surface area contributed by atoms with E-state index in [1.807, 2.05) is 0 Å². The predicted octanol–water partition coefficient (Wildman–Crippen LogP) is 5.78. The van der Waals surface area contributed by atoms with Crippen molar-refractivity contribution in [3.8, 4) is 0 Å². The second kappa shape index (κ2) is 9.70. The van der Waals surface area contributed by atoms with Crippen LogP contribution in [0.5, 0.6) is 0 Å². The highest BCUT2D eigenvalue weighted by Gasteiger charge is 2.51. The highest BCUT2D eigenvalue weighted by atomic mass is 16.6. The molecule has 22 heavy (non-hydrogen) atoms. The molecule has 0 saturated carbocycles. The molecule has 0 spiro atoms. The van der Waals surface area contributed by atoms with Crippen LogP contribution in [-0.2, 0) is 9.53 Å². The quantitative estimate of drug-likeness (QED) is 0.319. The van der Waals surface area contributed by atoms with E-state index in [9.17, 15) is 4.79 Å². The van der Waals surface area contributed by atoms with Gasteiger partial charge in [0.05, 0.1) is 5.60 Å².